The number of thiophene rings is 1. The molecule has 1 aromatic heterocycles. The maximum atomic E-state index is 11.7. The van der Waals surface area contributed by atoms with Crippen LogP contribution >= 0.6 is 11.3 Å². The van der Waals surface area contributed by atoms with Crippen LogP contribution < -0.4 is 15.8 Å². The summed E-state index contributed by atoms with van der Waals surface area (Å²) in [5, 5.41) is 7.26. The van der Waals surface area contributed by atoms with Crippen LogP contribution in [0.4, 0.5) is 11.4 Å². The van der Waals surface area contributed by atoms with Gasteiger partial charge in [-0.25, -0.2) is 13.1 Å². The minimum Gasteiger partial charge on any atom is -0.398 e. The van der Waals surface area contributed by atoms with Crippen molar-refractivity contribution in [3.63, 3.8) is 0 Å². The zero-order valence-electron chi connectivity index (χ0n) is 10.4. The first-order valence-electron chi connectivity index (χ1n) is 5.61. The Morgan fingerprint density at radius 3 is 2.68 bits per heavy atom. The zero-order chi connectivity index (χ0) is 13.9. The summed E-state index contributed by atoms with van der Waals surface area (Å²) in [6.07, 6.45) is 0. The third kappa shape index (κ3) is 3.25. The molecule has 0 saturated heterocycles. The lowest BCUT2D eigenvalue weighted by Gasteiger charge is -2.10. The normalized spacial score (nSPS) is 11.4. The number of hydrogen-bond acceptors (Lipinski definition) is 5. The van der Waals surface area contributed by atoms with E-state index >= 15 is 0 Å². The van der Waals surface area contributed by atoms with Gasteiger partial charge in [0.25, 0.3) is 0 Å². The Bertz CT molecular complexity index is 652. The molecule has 0 saturated carbocycles. The molecule has 0 aliphatic heterocycles. The molecule has 0 aliphatic carbocycles. The van der Waals surface area contributed by atoms with Gasteiger partial charge in [-0.05, 0) is 47.6 Å². The lowest BCUT2D eigenvalue weighted by Crippen LogP contribution is -2.20. The molecule has 1 aromatic carbocycles. The first kappa shape index (κ1) is 13.9. The summed E-state index contributed by atoms with van der Waals surface area (Å²) in [4.78, 5) is 0.0936. The summed E-state index contributed by atoms with van der Waals surface area (Å²) in [6, 6.07) is 6.85. The third-order valence-corrected chi connectivity index (χ3v) is 4.87. The van der Waals surface area contributed by atoms with Crippen LogP contribution in [0.1, 0.15) is 5.56 Å². The van der Waals surface area contributed by atoms with Crippen molar-refractivity contribution >= 4 is 32.7 Å². The van der Waals surface area contributed by atoms with Crippen molar-refractivity contribution < 1.29 is 8.42 Å². The monoisotopic (exact) mass is 297 g/mol. The summed E-state index contributed by atoms with van der Waals surface area (Å²) in [7, 11) is -2.15. The smallest absolute Gasteiger partial charge is 0.242 e. The van der Waals surface area contributed by atoms with Gasteiger partial charge < -0.3 is 11.1 Å². The number of anilines is 2. The van der Waals surface area contributed by atoms with Crippen molar-refractivity contribution in [1.82, 2.24) is 4.72 Å². The first-order chi connectivity index (χ1) is 9.03. The zero-order valence-corrected chi connectivity index (χ0v) is 12.0. The molecule has 0 radical (unpaired) electrons. The SMILES string of the molecule is CNS(=O)(=O)c1ccc(NCc2ccsc2)cc1N. The number of benzene rings is 1. The van der Waals surface area contributed by atoms with E-state index in [1.54, 1.807) is 23.5 Å². The van der Waals surface area contributed by atoms with Gasteiger partial charge in [-0.3, -0.25) is 0 Å². The second kappa shape index (κ2) is 5.60. The summed E-state index contributed by atoms with van der Waals surface area (Å²) in [5.74, 6) is 0. The Kier molecular flexibility index (Phi) is 4.08. The van der Waals surface area contributed by atoms with Gasteiger partial charge in [0.05, 0.1) is 5.69 Å². The summed E-state index contributed by atoms with van der Waals surface area (Å²) in [5.41, 5.74) is 7.97. The Balaban J connectivity index is 2.15. The summed E-state index contributed by atoms with van der Waals surface area (Å²) in [6.45, 7) is 0.682. The van der Waals surface area contributed by atoms with Gasteiger partial charge in [0.2, 0.25) is 10.0 Å². The number of rotatable bonds is 5. The molecule has 19 heavy (non-hydrogen) atoms. The maximum absolute atomic E-state index is 11.7. The molecule has 2 aromatic rings. The Morgan fingerprint density at radius 1 is 1.32 bits per heavy atom. The van der Waals surface area contributed by atoms with Crippen LogP contribution in [-0.2, 0) is 16.6 Å². The molecule has 0 spiro atoms. The van der Waals surface area contributed by atoms with Gasteiger partial charge in [0.15, 0.2) is 0 Å². The highest BCUT2D eigenvalue weighted by molar-refractivity contribution is 7.89. The molecule has 102 valence electrons. The summed E-state index contributed by atoms with van der Waals surface area (Å²) < 4.78 is 25.6. The van der Waals surface area contributed by atoms with Gasteiger partial charge in [-0.15, -0.1) is 0 Å². The van der Waals surface area contributed by atoms with Gasteiger partial charge in [-0.2, -0.15) is 11.3 Å². The van der Waals surface area contributed by atoms with Crippen molar-refractivity contribution in [1.29, 1.82) is 0 Å². The highest BCUT2D eigenvalue weighted by Gasteiger charge is 2.15. The van der Waals surface area contributed by atoms with Crippen LogP contribution in [0, 0.1) is 0 Å². The molecule has 0 fully saturated rings. The van der Waals surface area contributed by atoms with Gasteiger partial charge >= 0.3 is 0 Å². The molecule has 1 heterocycles. The Hall–Kier alpha value is -1.57. The van der Waals surface area contributed by atoms with E-state index in [-0.39, 0.29) is 10.6 Å². The van der Waals surface area contributed by atoms with Crippen molar-refractivity contribution in [2.75, 3.05) is 18.1 Å². The second-order valence-electron chi connectivity index (χ2n) is 3.95. The second-order valence-corrected chi connectivity index (χ2v) is 6.58. The van der Waals surface area contributed by atoms with Crippen LogP contribution in [-0.4, -0.2) is 15.5 Å². The van der Waals surface area contributed by atoms with E-state index in [0.717, 1.165) is 5.69 Å². The van der Waals surface area contributed by atoms with E-state index in [9.17, 15) is 8.42 Å². The van der Waals surface area contributed by atoms with Gasteiger partial charge in [-0.1, -0.05) is 0 Å². The fourth-order valence-corrected chi connectivity index (χ4v) is 3.12. The molecule has 7 heteroatoms. The fraction of sp³-hybridized carbons (Fsp3) is 0.167. The van der Waals surface area contributed by atoms with Crippen molar-refractivity contribution in [2.45, 2.75) is 11.4 Å². The predicted molar refractivity (Wildman–Crippen MR) is 78.7 cm³/mol. The van der Waals surface area contributed by atoms with E-state index in [1.165, 1.54) is 18.7 Å². The van der Waals surface area contributed by atoms with Gasteiger partial charge in [0, 0.05) is 12.2 Å². The van der Waals surface area contributed by atoms with Crippen LogP contribution in [0.5, 0.6) is 0 Å². The average Bonchev–Trinajstić information content (AvgIpc) is 2.89. The summed E-state index contributed by atoms with van der Waals surface area (Å²) >= 11 is 1.63. The molecular formula is C12H15N3O2S2. The number of hydrogen-bond donors (Lipinski definition) is 3. The number of nitrogens with two attached hydrogens (primary N) is 1. The van der Waals surface area contributed by atoms with E-state index in [4.69, 9.17) is 5.73 Å². The van der Waals surface area contributed by atoms with E-state index in [1.807, 2.05) is 11.4 Å². The van der Waals surface area contributed by atoms with Crippen molar-refractivity contribution in [2.24, 2.45) is 0 Å². The number of sulfonamides is 1. The molecule has 0 atom stereocenters. The van der Waals surface area contributed by atoms with Gasteiger partial charge in [0.1, 0.15) is 4.90 Å². The quantitative estimate of drug-likeness (QED) is 0.735. The molecule has 4 N–H and O–H groups in total. The lowest BCUT2D eigenvalue weighted by molar-refractivity contribution is 0.588. The number of nitrogen functional groups attached to an aromatic ring is 1. The van der Waals surface area contributed by atoms with Crippen LogP contribution in [0.2, 0.25) is 0 Å². The largest absolute Gasteiger partial charge is 0.398 e. The molecule has 0 aliphatic rings. The maximum Gasteiger partial charge on any atom is 0.242 e. The molecule has 2 rings (SSSR count). The standard InChI is InChI=1S/C12H15N3O2S2/c1-14-19(16,17)12-3-2-10(6-11(12)13)15-7-9-4-5-18-8-9/h2-6,8,14-15H,7,13H2,1H3. The first-order valence-corrected chi connectivity index (χ1v) is 8.03. The van der Waals surface area contributed by atoms with E-state index in [2.05, 4.69) is 15.4 Å². The van der Waals surface area contributed by atoms with Crippen LogP contribution in [0.25, 0.3) is 0 Å². The topological polar surface area (TPSA) is 84.2 Å². The third-order valence-electron chi connectivity index (χ3n) is 2.64. The highest BCUT2D eigenvalue weighted by atomic mass is 32.2. The average molecular weight is 297 g/mol. The minimum atomic E-state index is -3.50. The fourth-order valence-electron chi connectivity index (χ4n) is 1.61. The van der Waals surface area contributed by atoms with E-state index < -0.39 is 10.0 Å². The lowest BCUT2D eigenvalue weighted by atomic mass is 10.2. The van der Waals surface area contributed by atoms with Crippen molar-refractivity contribution in [3.05, 3.63) is 40.6 Å². The molecule has 0 bridgehead atoms. The molecule has 5 nitrogen and oxygen atoms in total. The minimum absolute atomic E-state index is 0.0936. The molecule has 0 amide bonds. The number of nitrogens with one attached hydrogen (secondary N) is 2. The van der Waals surface area contributed by atoms with Crippen LogP contribution in [0.3, 0.4) is 0 Å². The Labute approximate surface area is 116 Å². The van der Waals surface area contributed by atoms with Crippen LogP contribution in [0.15, 0.2) is 39.9 Å². The highest BCUT2D eigenvalue weighted by Crippen LogP contribution is 2.22. The van der Waals surface area contributed by atoms with E-state index in [0.29, 0.717) is 6.54 Å². The Morgan fingerprint density at radius 2 is 2.11 bits per heavy atom. The van der Waals surface area contributed by atoms with Crippen molar-refractivity contribution in [3.8, 4) is 0 Å². The predicted octanol–water partition coefficient (Wildman–Crippen LogP) is 1.85. The molecule has 0 unspecified atom stereocenters. The molecular weight excluding hydrogens is 282 g/mol.